The van der Waals surface area contributed by atoms with E-state index in [1.807, 2.05) is 0 Å². The molecule has 84 valence electrons. The Hall–Kier alpha value is -1.24. The van der Waals surface area contributed by atoms with Crippen LogP contribution in [0.25, 0.3) is 0 Å². The molecule has 0 aromatic carbocycles. The van der Waals surface area contributed by atoms with Gasteiger partial charge in [0.1, 0.15) is 0 Å². The summed E-state index contributed by atoms with van der Waals surface area (Å²) in [7, 11) is 1.59. The molecule has 2 unspecified atom stereocenters. The highest BCUT2D eigenvalue weighted by Gasteiger charge is 2.22. The second kappa shape index (κ2) is 4.52. The van der Waals surface area contributed by atoms with E-state index in [9.17, 15) is 9.59 Å². The third kappa shape index (κ3) is 2.62. The van der Waals surface area contributed by atoms with Crippen LogP contribution in [0.3, 0.4) is 0 Å². The fourth-order valence-corrected chi connectivity index (χ4v) is 1.90. The number of aromatic nitrogens is 3. The number of carboxylic acids is 1. The number of thioether (sulfide) groups is 1. The first-order valence-electron chi connectivity index (χ1n) is 4.44. The van der Waals surface area contributed by atoms with Gasteiger partial charge in [-0.15, -0.1) is 5.10 Å². The van der Waals surface area contributed by atoms with Gasteiger partial charge in [0.15, 0.2) is 5.16 Å². The Kier molecular flexibility index (Phi) is 3.57. The lowest BCUT2D eigenvalue weighted by Gasteiger charge is -2.13. The van der Waals surface area contributed by atoms with Gasteiger partial charge in [-0.05, 0) is 0 Å². The molecular weight excluding hydrogens is 218 g/mol. The Morgan fingerprint density at radius 1 is 1.60 bits per heavy atom. The molecule has 1 aromatic heterocycles. The number of nitrogens with one attached hydrogen (secondary N) is 1. The predicted octanol–water partition coefficient (Wildman–Crippen LogP) is 0.310. The van der Waals surface area contributed by atoms with Crippen LogP contribution in [0.2, 0.25) is 0 Å². The predicted molar refractivity (Wildman–Crippen MR) is 55.9 cm³/mol. The summed E-state index contributed by atoms with van der Waals surface area (Å²) in [5, 5.41) is 15.2. The van der Waals surface area contributed by atoms with E-state index < -0.39 is 11.9 Å². The van der Waals surface area contributed by atoms with E-state index in [0.717, 1.165) is 0 Å². The summed E-state index contributed by atoms with van der Waals surface area (Å²) < 4.78 is 1.36. The van der Waals surface area contributed by atoms with Gasteiger partial charge in [-0.2, -0.15) is 0 Å². The van der Waals surface area contributed by atoms with E-state index in [-0.39, 0.29) is 10.9 Å². The lowest BCUT2D eigenvalue weighted by molar-refractivity contribution is -0.140. The van der Waals surface area contributed by atoms with Crippen molar-refractivity contribution in [2.75, 3.05) is 0 Å². The lowest BCUT2D eigenvalue weighted by Crippen LogP contribution is -2.21. The standard InChI is InChI=1S/C8H13N3O3S/c1-4(6(12)13)5(2)15-8-10-9-7(14)11(8)3/h4-5H,1-3H3,(H,9,14)(H,12,13). The number of rotatable bonds is 4. The van der Waals surface area contributed by atoms with Crippen LogP contribution in [0.15, 0.2) is 9.95 Å². The number of nitrogens with zero attached hydrogens (tertiary/aromatic N) is 2. The van der Waals surface area contributed by atoms with Gasteiger partial charge in [-0.3, -0.25) is 9.36 Å². The molecule has 1 rings (SSSR count). The molecular formula is C8H13N3O3S. The van der Waals surface area contributed by atoms with E-state index in [1.165, 1.54) is 16.3 Å². The minimum atomic E-state index is -0.851. The minimum absolute atomic E-state index is 0.142. The summed E-state index contributed by atoms with van der Waals surface area (Å²) in [6, 6.07) is 0. The van der Waals surface area contributed by atoms with Crippen molar-refractivity contribution < 1.29 is 9.90 Å². The van der Waals surface area contributed by atoms with Crippen molar-refractivity contribution in [1.29, 1.82) is 0 Å². The first-order valence-corrected chi connectivity index (χ1v) is 5.32. The first kappa shape index (κ1) is 11.8. The molecule has 2 atom stereocenters. The number of carboxylic acid groups (broad SMARTS) is 1. The molecule has 1 aromatic rings. The zero-order valence-electron chi connectivity index (χ0n) is 8.72. The molecule has 0 saturated carbocycles. The highest BCUT2D eigenvalue weighted by molar-refractivity contribution is 7.99. The van der Waals surface area contributed by atoms with Crippen molar-refractivity contribution in [2.24, 2.45) is 13.0 Å². The van der Waals surface area contributed by atoms with Gasteiger partial charge in [-0.25, -0.2) is 9.89 Å². The Labute approximate surface area is 90.7 Å². The third-order valence-corrected chi connectivity index (χ3v) is 3.58. The molecule has 0 aliphatic rings. The third-order valence-electron chi connectivity index (χ3n) is 2.22. The summed E-state index contributed by atoms with van der Waals surface area (Å²) in [6.45, 7) is 3.42. The van der Waals surface area contributed by atoms with Crippen LogP contribution in [0, 0.1) is 5.92 Å². The van der Waals surface area contributed by atoms with E-state index in [4.69, 9.17) is 5.11 Å². The lowest BCUT2D eigenvalue weighted by atomic mass is 10.1. The maximum Gasteiger partial charge on any atom is 0.343 e. The average Bonchev–Trinajstić information content (AvgIpc) is 2.48. The first-order chi connectivity index (χ1) is 6.93. The number of aliphatic carboxylic acids is 1. The van der Waals surface area contributed by atoms with Gasteiger partial charge in [0, 0.05) is 12.3 Å². The maximum atomic E-state index is 11.0. The molecule has 15 heavy (non-hydrogen) atoms. The SMILES string of the molecule is CC(Sc1n[nH]c(=O)n1C)C(C)C(=O)O. The van der Waals surface area contributed by atoms with Crippen molar-refractivity contribution >= 4 is 17.7 Å². The summed E-state index contributed by atoms with van der Waals surface area (Å²) in [6.07, 6.45) is 0. The molecule has 0 fully saturated rings. The molecule has 0 amide bonds. The van der Waals surface area contributed by atoms with E-state index in [2.05, 4.69) is 10.2 Å². The minimum Gasteiger partial charge on any atom is -0.481 e. The van der Waals surface area contributed by atoms with Gasteiger partial charge in [0.25, 0.3) is 0 Å². The highest BCUT2D eigenvalue weighted by atomic mass is 32.2. The van der Waals surface area contributed by atoms with Crippen LogP contribution in [0.5, 0.6) is 0 Å². The Morgan fingerprint density at radius 2 is 2.20 bits per heavy atom. The zero-order valence-corrected chi connectivity index (χ0v) is 9.54. The molecule has 0 saturated heterocycles. The summed E-state index contributed by atoms with van der Waals surface area (Å²) >= 11 is 1.27. The Balaban J connectivity index is 2.74. The summed E-state index contributed by atoms with van der Waals surface area (Å²) in [4.78, 5) is 21.8. The molecule has 7 heteroatoms. The van der Waals surface area contributed by atoms with Crippen molar-refractivity contribution in [2.45, 2.75) is 24.3 Å². The molecule has 0 aliphatic heterocycles. The second-order valence-electron chi connectivity index (χ2n) is 3.32. The zero-order chi connectivity index (χ0) is 11.6. The number of H-pyrrole nitrogens is 1. The highest BCUT2D eigenvalue weighted by Crippen LogP contribution is 2.24. The van der Waals surface area contributed by atoms with Crippen molar-refractivity contribution in [1.82, 2.24) is 14.8 Å². The Morgan fingerprint density at radius 3 is 2.60 bits per heavy atom. The van der Waals surface area contributed by atoms with Crippen LogP contribution >= 0.6 is 11.8 Å². The molecule has 6 nitrogen and oxygen atoms in total. The molecule has 0 aliphatic carbocycles. The van der Waals surface area contributed by atoms with E-state index in [1.54, 1.807) is 20.9 Å². The van der Waals surface area contributed by atoms with Crippen molar-refractivity contribution in [3.05, 3.63) is 10.5 Å². The van der Waals surface area contributed by atoms with Crippen molar-refractivity contribution in [3.8, 4) is 0 Å². The quantitative estimate of drug-likeness (QED) is 0.728. The fourth-order valence-electron chi connectivity index (χ4n) is 0.907. The molecule has 2 N–H and O–H groups in total. The maximum absolute atomic E-state index is 11.0. The van der Waals surface area contributed by atoms with Gasteiger partial charge in [0.2, 0.25) is 0 Å². The number of carbonyl (C=O) groups is 1. The van der Waals surface area contributed by atoms with Gasteiger partial charge in [-0.1, -0.05) is 25.6 Å². The van der Waals surface area contributed by atoms with E-state index in [0.29, 0.717) is 5.16 Å². The molecule has 1 heterocycles. The van der Waals surface area contributed by atoms with E-state index >= 15 is 0 Å². The fraction of sp³-hybridized carbons (Fsp3) is 0.625. The number of aromatic amines is 1. The van der Waals surface area contributed by atoms with Crippen LogP contribution in [0.1, 0.15) is 13.8 Å². The number of hydrogen-bond donors (Lipinski definition) is 2. The summed E-state index contributed by atoms with van der Waals surface area (Å²) in [5.41, 5.74) is -0.298. The van der Waals surface area contributed by atoms with Gasteiger partial charge in [0.05, 0.1) is 5.92 Å². The van der Waals surface area contributed by atoms with Gasteiger partial charge >= 0.3 is 11.7 Å². The van der Waals surface area contributed by atoms with Crippen molar-refractivity contribution in [3.63, 3.8) is 0 Å². The van der Waals surface area contributed by atoms with Gasteiger partial charge < -0.3 is 5.11 Å². The van der Waals surface area contributed by atoms with Crippen LogP contribution in [-0.2, 0) is 11.8 Å². The monoisotopic (exact) mass is 231 g/mol. The normalized spacial score (nSPS) is 14.9. The molecule has 0 radical (unpaired) electrons. The average molecular weight is 231 g/mol. The second-order valence-corrected chi connectivity index (χ2v) is 4.66. The largest absolute Gasteiger partial charge is 0.481 e. The molecule has 0 bridgehead atoms. The summed E-state index contributed by atoms with van der Waals surface area (Å²) in [5.74, 6) is -1.34. The van der Waals surface area contributed by atoms with Crippen LogP contribution in [0.4, 0.5) is 0 Å². The van der Waals surface area contributed by atoms with Crippen LogP contribution in [-0.4, -0.2) is 31.1 Å². The smallest absolute Gasteiger partial charge is 0.343 e. The number of hydrogen-bond acceptors (Lipinski definition) is 4. The molecule has 0 spiro atoms. The Bertz CT molecular complexity index is 412. The topological polar surface area (TPSA) is 88.0 Å². The van der Waals surface area contributed by atoms with Crippen LogP contribution < -0.4 is 5.69 Å².